The Morgan fingerprint density at radius 2 is 1.58 bits per heavy atom. The van der Waals surface area contributed by atoms with E-state index in [0.717, 1.165) is 30.7 Å². The number of nitrogens with two attached hydrogens (primary N) is 1. The maximum Gasteiger partial charge on any atom is 0.573 e. The molecule has 9 nitrogen and oxygen atoms in total. The van der Waals surface area contributed by atoms with Gasteiger partial charge in [-0.05, 0) is 67.8 Å². The molecule has 2 aromatic carbocycles. The average Bonchev–Trinajstić information content (AvgIpc) is 2.89. The van der Waals surface area contributed by atoms with E-state index in [1.807, 2.05) is 0 Å². The minimum absolute atomic E-state index is 0.0542. The predicted molar refractivity (Wildman–Crippen MR) is 135 cm³/mol. The Labute approximate surface area is 216 Å². The van der Waals surface area contributed by atoms with E-state index >= 15 is 0 Å². The molecule has 3 N–H and O–H groups in total. The Bertz CT molecular complexity index is 1290. The Morgan fingerprint density at radius 1 is 0.947 bits per heavy atom. The van der Waals surface area contributed by atoms with Gasteiger partial charge < -0.3 is 25.6 Å². The molecule has 38 heavy (non-hydrogen) atoms. The monoisotopic (exact) mass is 529 g/mol. The number of hydrogen-bond donors (Lipinski definition) is 2. The number of likely N-dealkylation sites (N-methyl/N-ethyl adjacent to an activating group) is 1. The van der Waals surface area contributed by atoms with E-state index in [9.17, 15) is 27.6 Å². The molecule has 2 aromatic rings. The van der Waals surface area contributed by atoms with Gasteiger partial charge in [0.25, 0.3) is 11.8 Å². The summed E-state index contributed by atoms with van der Waals surface area (Å²) in [6.07, 6.45) is -2.35. The number of nitrogens with one attached hydrogen (secondary N) is 1. The lowest BCUT2D eigenvalue weighted by atomic mass is 9.97. The van der Waals surface area contributed by atoms with Gasteiger partial charge in [-0.2, -0.15) is 0 Å². The maximum absolute atomic E-state index is 13.6. The van der Waals surface area contributed by atoms with Gasteiger partial charge in [0, 0.05) is 43.5 Å². The molecule has 3 amide bonds. The quantitative estimate of drug-likeness (QED) is 0.575. The van der Waals surface area contributed by atoms with Gasteiger partial charge in [-0.15, -0.1) is 13.2 Å². The Balaban J connectivity index is 1.65. The number of nitrogens with zero attached hydrogens (tertiary/aromatic N) is 3. The summed E-state index contributed by atoms with van der Waals surface area (Å²) >= 11 is 0. The minimum atomic E-state index is -4.85. The zero-order valence-corrected chi connectivity index (χ0v) is 20.5. The van der Waals surface area contributed by atoms with Crippen LogP contribution in [-0.4, -0.2) is 49.9 Å². The van der Waals surface area contributed by atoms with Crippen LogP contribution in [0.15, 0.2) is 64.8 Å². The standard InChI is InChI=1S/C26H26F3N5O4/c1-31-24(36)22(30)20-13-15-34(18-9-7-17(8-10-18)33-14-3-2-4-21(33)35)25(37)23(20)32-16-5-11-19(12-6-16)38-26(27,28)29/h5-12H,2-4,13-15,30H2,1H3,(H,31,36). The van der Waals surface area contributed by atoms with Crippen LogP contribution in [-0.2, 0) is 14.4 Å². The summed E-state index contributed by atoms with van der Waals surface area (Å²) in [6, 6.07) is 11.7. The molecule has 2 saturated heterocycles. The van der Waals surface area contributed by atoms with Gasteiger partial charge in [0.05, 0.1) is 5.69 Å². The molecule has 4 rings (SSSR count). The second kappa shape index (κ2) is 11.0. The largest absolute Gasteiger partial charge is 0.573 e. The second-order valence-electron chi connectivity index (χ2n) is 8.70. The van der Waals surface area contributed by atoms with Crippen molar-refractivity contribution < 1.29 is 32.3 Å². The summed E-state index contributed by atoms with van der Waals surface area (Å²) in [7, 11) is 1.40. The first-order valence-electron chi connectivity index (χ1n) is 12.0. The molecule has 0 bridgehead atoms. The number of amides is 3. The van der Waals surface area contributed by atoms with Gasteiger partial charge in [-0.25, -0.2) is 4.99 Å². The normalized spacial score (nSPS) is 19.0. The molecular weight excluding hydrogens is 503 g/mol. The highest BCUT2D eigenvalue weighted by Crippen LogP contribution is 2.30. The number of halogens is 3. The third-order valence-corrected chi connectivity index (χ3v) is 6.22. The van der Waals surface area contributed by atoms with Crippen LogP contribution in [0, 0.1) is 0 Å². The molecule has 0 saturated carbocycles. The minimum Gasteiger partial charge on any atom is -0.406 e. The highest BCUT2D eigenvalue weighted by atomic mass is 19.4. The zero-order chi connectivity index (χ0) is 27.4. The lowest BCUT2D eigenvalue weighted by Gasteiger charge is -2.31. The highest BCUT2D eigenvalue weighted by molar-refractivity contribution is 6.51. The summed E-state index contributed by atoms with van der Waals surface area (Å²) < 4.78 is 41.4. The van der Waals surface area contributed by atoms with Gasteiger partial charge in [0.1, 0.15) is 17.2 Å². The number of alkyl halides is 3. The van der Waals surface area contributed by atoms with Gasteiger partial charge in [-0.1, -0.05) is 0 Å². The van der Waals surface area contributed by atoms with Crippen LogP contribution in [0.5, 0.6) is 5.75 Å². The van der Waals surface area contributed by atoms with Crippen LogP contribution in [0.4, 0.5) is 30.2 Å². The van der Waals surface area contributed by atoms with E-state index in [-0.39, 0.29) is 41.5 Å². The summed E-state index contributed by atoms with van der Waals surface area (Å²) in [5.41, 5.74) is 7.47. The number of aliphatic imine (C=N–C) groups is 1. The third-order valence-electron chi connectivity index (χ3n) is 6.22. The van der Waals surface area contributed by atoms with Crippen molar-refractivity contribution in [3.05, 3.63) is 59.8 Å². The van der Waals surface area contributed by atoms with Crippen molar-refractivity contribution in [3.63, 3.8) is 0 Å². The molecular formula is C26H26F3N5O4. The second-order valence-corrected chi connectivity index (χ2v) is 8.70. The fraction of sp³-hybridized carbons (Fsp3) is 0.308. The Morgan fingerprint density at radius 3 is 2.16 bits per heavy atom. The van der Waals surface area contributed by atoms with Crippen molar-refractivity contribution in [2.75, 3.05) is 29.9 Å². The van der Waals surface area contributed by atoms with Crippen LogP contribution in [0.2, 0.25) is 0 Å². The lowest BCUT2D eigenvalue weighted by molar-refractivity contribution is -0.274. The SMILES string of the molecule is CNC(=O)C(N)=C1CCN(c2ccc(N3CCCCC3=O)cc2)C(=O)C1=Nc1ccc(OC(F)(F)F)cc1. The van der Waals surface area contributed by atoms with Crippen molar-refractivity contribution in [2.45, 2.75) is 32.0 Å². The molecule has 2 heterocycles. The van der Waals surface area contributed by atoms with E-state index in [2.05, 4.69) is 15.0 Å². The van der Waals surface area contributed by atoms with E-state index < -0.39 is 23.9 Å². The molecule has 0 atom stereocenters. The molecule has 0 spiro atoms. The number of carbonyl (C=O) groups excluding carboxylic acids is 3. The fourth-order valence-electron chi connectivity index (χ4n) is 4.34. The predicted octanol–water partition coefficient (Wildman–Crippen LogP) is 3.57. The van der Waals surface area contributed by atoms with Crippen molar-refractivity contribution >= 4 is 40.5 Å². The summed E-state index contributed by atoms with van der Waals surface area (Å²) in [4.78, 5) is 45.6. The molecule has 12 heteroatoms. The van der Waals surface area contributed by atoms with Crippen LogP contribution in [0.1, 0.15) is 25.7 Å². The highest BCUT2D eigenvalue weighted by Gasteiger charge is 2.33. The Hall–Kier alpha value is -4.35. The summed E-state index contributed by atoms with van der Waals surface area (Å²) in [5, 5.41) is 2.42. The molecule has 2 aliphatic heterocycles. The van der Waals surface area contributed by atoms with Crippen molar-refractivity contribution in [3.8, 4) is 5.75 Å². The van der Waals surface area contributed by atoms with Crippen molar-refractivity contribution in [1.82, 2.24) is 5.32 Å². The Kier molecular flexibility index (Phi) is 7.70. The molecule has 0 radical (unpaired) electrons. The smallest absolute Gasteiger partial charge is 0.406 e. The molecule has 200 valence electrons. The topological polar surface area (TPSA) is 117 Å². The lowest BCUT2D eigenvalue weighted by Crippen LogP contribution is -2.45. The van der Waals surface area contributed by atoms with Gasteiger partial charge in [0.15, 0.2) is 0 Å². The number of piperidine rings is 2. The van der Waals surface area contributed by atoms with Crippen LogP contribution >= 0.6 is 0 Å². The molecule has 0 aromatic heterocycles. The van der Waals surface area contributed by atoms with E-state index in [1.165, 1.54) is 24.1 Å². The number of anilines is 2. The van der Waals surface area contributed by atoms with Crippen molar-refractivity contribution in [1.29, 1.82) is 0 Å². The maximum atomic E-state index is 13.6. The fourth-order valence-corrected chi connectivity index (χ4v) is 4.34. The summed E-state index contributed by atoms with van der Waals surface area (Å²) in [5.74, 6) is -1.50. The molecule has 2 fully saturated rings. The number of rotatable bonds is 5. The number of carbonyl (C=O) groups is 3. The number of hydrogen-bond acceptors (Lipinski definition) is 6. The number of ether oxygens (including phenoxy) is 1. The molecule has 2 aliphatic rings. The van der Waals surface area contributed by atoms with Crippen LogP contribution in [0.25, 0.3) is 0 Å². The number of benzene rings is 2. The molecule has 0 aliphatic carbocycles. The summed E-state index contributed by atoms with van der Waals surface area (Å²) in [6.45, 7) is 0.850. The van der Waals surface area contributed by atoms with E-state index in [0.29, 0.717) is 18.7 Å². The first kappa shape index (κ1) is 26.7. The van der Waals surface area contributed by atoms with Gasteiger partial charge >= 0.3 is 6.36 Å². The molecule has 0 unspecified atom stereocenters. The average molecular weight is 530 g/mol. The van der Waals surface area contributed by atoms with E-state index in [1.54, 1.807) is 29.2 Å². The van der Waals surface area contributed by atoms with Crippen LogP contribution in [0.3, 0.4) is 0 Å². The third kappa shape index (κ3) is 5.96. The first-order valence-corrected chi connectivity index (χ1v) is 12.0. The van der Waals surface area contributed by atoms with Crippen LogP contribution < -0.4 is 25.6 Å². The zero-order valence-electron chi connectivity index (χ0n) is 20.5. The van der Waals surface area contributed by atoms with Gasteiger partial charge in [-0.3, -0.25) is 14.4 Å². The van der Waals surface area contributed by atoms with Gasteiger partial charge in [0.2, 0.25) is 5.91 Å². The van der Waals surface area contributed by atoms with Crippen molar-refractivity contribution in [2.24, 2.45) is 10.7 Å². The first-order chi connectivity index (χ1) is 18.1. The van der Waals surface area contributed by atoms with E-state index in [4.69, 9.17) is 5.73 Å².